The molecule has 1 atom stereocenters. The van der Waals surface area contributed by atoms with E-state index < -0.39 is 29.4 Å². The summed E-state index contributed by atoms with van der Waals surface area (Å²) in [6.45, 7) is 2.77. The molecule has 1 unspecified atom stereocenters. The van der Waals surface area contributed by atoms with Crippen molar-refractivity contribution in [3.63, 3.8) is 0 Å². The normalized spacial score (nSPS) is 13.1. The van der Waals surface area contributed by atoms with E-state index in [1.54, 1.807) is 24.3 Å². The van der Waals surface area contributed by atoms with E-state index in [0.717, 1.165) is 12.1 Å². The molecule has 0 spiro atoms. The summed E-state index contributed by atoms with van der Waals surface area (Å²) in [7, 11) is 0. The Bertz CT molecular complexity index is 1190. The molecule has 0 aliphatic rings. The van der Waals surface area contributed by atoms with Crippen molar-refractivity contribution < 1.29 is 32.9 Å². The second-order valence-corrected chi connectivity index (χ2v) is 9.97. The van der Waals surface area contributed by atoms with Gasteiger partial charge in [-0.05, 0) is 68.1 Å². The maximum absolute atomic E-state index is 13.0. The van der Waals surface area contributed by atoms with Gasteiger partial charge in [0, 0.05) is 9.75 Å². The molecule has 3 aromatic rings. The number of thiophene rings is 1. The number of aliphatic hydroxyl groups is 1. The van der Waals surface area contributed by atoms with E-state index in [1.807, 2.05) is 0 Å². The molecule has 0 radical (unpaired) electrons. The fourth-order valence-corrected chi connectivity index (χ4v) is 4.63. The second kappa shape index (κ2) is 10.2. The Balaban J connectivity index is 1.70. The third-order valence-corrected chi connectivity index (χ3v) is 7.26. The van der Waals surface area contributed by atoms with Crippen molar-refractivity contribution in [2.45, 2.75) is 44.6 Å². The van der Waals surface area contributed by atoms with E-state index in [4.69, 9.17) is 27.9 Å². The summed E-state index contributed by atoms with van der Waals surface area (Å²) in [6.07, 6.45) is -4.64. The number of carbonyl (C=O) groups is 1. The third kappa shape index (κ3) is 6.05. The van der Waals surface area contributed by atoms with Gasteiger partial charge in [0.05, 0.1) is 16.7 Å². The molecule has 0 aliphatic carbocycles. The van der Waals surface area contributed by atoms with Gasteiger partial charge >= 0.3 is 12.1 Å². The van der Waals surface area contributed by atoms with E-state index >= 15 is 0 Å². The zero-order valence-electron chi connectivity index (χ0n) is 18.1. The number of halogens is 5. The van der Waals surface area contributed by atoms with Crippen LogP contribution in [0.4, 0.5) is 13.2 Å². The topological polar surface area (TPSA) is 66.8 Å². The number of carboxylic acids is 1. The number of carboxylic acid groups (broad SMARTS) is 1. The lowest BCUT2D eigenvalue weighted by atomic mass is 10.0. The maximum atomic E-state index is 13.0. The van der Waals surface area contributed by atoms with Gasteiger partial charge in [-0.25, -0.2) is 4.79 Å². The zero-order chi connectivity index (χ0) is 25.3. The molecule has 34 heavy (non-hydrogen) atoms. The van der Waals surface area contributed by atoms with Crippen molar-refractivity contribution in [1.82, 2.24) is 0 Å². The molecule has 1 heterocycles. The predicted molar refractivity (Wildman–Crippen MR) is 127 cm³/mol. The first-order valence-corrected chi connectivity index (χ1v) is 11.7. The SMILES string of the molecule is CC(C)(Oc1ccc(CCC(O)c2ccc(-c3cccc(C(F)(F)F)c3)s2)c(Cl)c1Cl)C(=O)O. The van der Waals surface area contributed by atoms with E-state index in [2.05, 4.69) is 0 Å². The first-order valence-electron chi connectivity index (χ1n) is 10.1. The molecule has 0 aliphatic heterocycles. The summed E-state index contributed by atoms with van der Waals surface area (Å²) in [5.74, 6) is -1.03. The number of ether oxygens (including phenoxy) is 1. The van der Waals surface area contributed by atoms with Crippen LogP contribution in [0.1, 0.15) is 42.4 Å². The monoisotopic (exact) mass is 532 g/mol. The highest BCUT2D eigenvalue weighted by molar-refractivity contribution is 7.15. The Labute approximate surface area is 208 Å². The summed E-state index contributed by atoms with van der Waals surface area (Å²) in [4.78, 5) is 12.5. The highest BCUT2D eigenvalue weighted by atomic mass is 35.5. The number of aliphatic carboxylic acids is 1. The molecule has 0 bridgehead atoms. The van der Waals surface area contributed by atoms with Gasteiger partial charge in [0.1, 0.15) is 10.8 Å². The van der Waals surface area contributed by atoms with Crippen LogP contribution in [-0.4, -0.2) is 21.8 Å². The summed E-state index contributed by atoms with van der Waals surface area (Å²) in [6, 6.07) is 11.6. The lowest BCUT2D eigenvalue weighted by molar-refractivity contribution is -0.152. The van der Waals surface area contributed by atoms with Crippen LogP contribution >= 0.6 is 34.5 Å². The quantitative estimate of drug-likeness (QED) is 0.312. The van der Waals surface area contributed by atoms with Crippen LogP contribution in [0, 0.1) is 0 Å². The Hall–Kier alpha value is -2.26. The number of hydrogen-bond acceptors (Lipinski definition) is 4. The van der Waals surface area contributed by atoms with Crippen LogP contribution < -0.4 is 4.74 Å². The number of aryl methyl sites for hydroxylation is 1. The Morgan fingerprint density at radius 1 is 1.09 bits per heavy atom. The molecule has 182 valence electrons. The molecule has 4 nitrogen and oxygen atoms in total. The minimum atomic E-state index is -4.43. The van der Waals surface area contributed by atoms with Crippen LogP contribution in [0.5, 0.6) is 5.75 Å². The third-order valence-electron chi connectivity index (χ3n) is 5.12. The van der Waals surface area contributed by atoms with Gasteiger partial charge in [-0.3, -0.25) is 0 Å². The maximum Gasteiger partial charge on any atom is 0.416 e. The van der Waals surface area contributed by atoms with Crippen molar-refractivity contribution in [3.8, 4) is 16.2 Å². The van der Waals surface area contributed by atoms with Crippen molar-refractivity contribution in [3.05, 3.63) is 74.6 Å². The zero-order valence-corrected chi connectivity index (χ0v) is 20.4. The molecule has 10 heteroatoms. The average Bonchev–Trinajstić information content (AvgIpc) is 3.26. The van der Waals surface area contributed by atoms with Crippen LogP contribution in [-0.2, 0) is 17.4 Å². The van der Waals surface area contributed by atoms with Gasteiger partial charge in [0.25, 0.3) is 0 Å². The Morgan fingerprint density at radius 2 is 1.79 bits per heavy atom. The standard InChI is InChI=1S/C24H21Cl2F3O4S/c1-23(2,22(31)32)33-17-9-7-13(20(25)21(17)26)6-8-16(30)19-11-10-18(34-19)14-4-3-5-15(12-14)24(27,28)29/h3-5,7,9-12,16,30H,6,8H2,1-2H3,(H,31,32). The van der Waals surface area contributed by atoms with Crippen molar-refractivity contribution >= 4 is 40.5 Å². The molecular formula is C24H21Cl2F3O4S. The minimum absolute atomic E-state index is 0.0749. The second-order valence-electron chi connectivity index (χ2n) is 8.10. The molecule has 2 aromatic carbocycles. The lowest BCUT2D eigenvalue weighted by Crippen LogP contribution is -2.38. The van der Waals surface area contributed by atoms with E-state index in [-0.39, 0.29) is 15.8 Å². The van der Waals surface area contributed by atoms with Crippen LogP contribution in [0.15, 0.2) is 48.5 Å². The Kier molecular flexibility index (Phi) is 7.87. The molecule has 0 fully saturated rings. The molecule has 2 N–H and O–H groups in total. The van der Waals surface area contributed by atoms with Crippen molar-refractivity contribution in [2.24, 2.45) is 0 Å². The predicted octanol–water partition coefficient (Wildman–Crippen LogP) is 7.65. The van der Waals surface area contributed by atoms with E-state index in [1.165, 1.54) is 37.3 Å². The number of benzene rings is 2. The minimum Gasteiger partial charge on any atom is -0.478 e. The van der Waals surface area contributed by atoms with Gasteiger partial charge in [-0.15, -0.1) is 11.3 Å². The van der Waals surface area contributed by atoms with Crippen LogP contribution in [0.25, 0.3) is 10.4 Å². The van der Waals surface area contributed by atoms with Crippen LogP contribution in [0.3, 0.4) is 0 Å². The fraction of sp³-hybridized carbons (Fsp3) is 0.292. The van der Waals surface area contributed by atoms with E-state index in [9.17, 15) is 28.2 Å². The van der Waals surface area contributed by atoms with Crippen LogP contribution in [0.2, 0.25) is 10.0 Å². The molecule has 0 saturated heterocycles. The first-order chi connectivity index (χ1) is 15.8. The van der Waals surface area contributed by atoms with E-state index in [0.29, 0.717) is 33.7 Å². The average molecular weight is 533 g/mol. The lowest BCUT2D eigenvalue weighted by Gasteiger charge is -2.23. The largest absolute Gasteiger partial charge is 0.478 e. The van der Waals surface area contributed by atoms with Gasteiger partial charge in [-0.1, -0.05) is 41.4 Å². The van der Waals surface area contributed by atoms with Gasteiger partial charge in [0.2, 0.25) is 0 Å². The number of aliphatic hydroxyl groups excluding tert-OH is 1. The Morgan fingerprint density at radius 3 is 2.44 bits per heavy atom. The van der Waals surface area contributed by atoms with Gasteiger partial charge < -0.3 is 14.9 Å². The number of rotatable bonds is 8. The van der Waals surface area contributed by atoms with Gasteiger partial charge in [0.15, 0.2) is 5.60 Å². The molecule has 1 aromatic heterocycles. The smallest absolute Gasteiger partial charge is 0.416 e. The summed E-state index contributed by atoms with van der Waals surface area (Å²) < 4.78 is 44.4. The van der Waals surface area contributed by atoms with Crippen molar-refractivity contribution in [1.29, 1.82) is 0 Å². The molecule has 3 rings (SSSR count). The number of hydrogen-bond donors (Lipinski definition) is 2. The first kappa shape index (κ1) is 26.3. The molecular weight excluding hydrogens is 512 g/mol. The summed E-state index contributed by atoms with van der Waals surface area (Å²) in [5.41, 5.74) is -1.17. The van der Waals surface area contributed by atoms with Gasteiger partial charge in [-0.2, -0.15) is 13.2 Å². The fourth-order valence-electron chi connectivity index (χ4n) is 3.13. The summed E-state index contributed by atoms with van der Waals surface area (Å²) >= 11 is 13.8. The molecule has 0 saturated carbocycles. The van der Waals surface area contributed by atoms with Crippen molar-refractivity contribution in [2.75, 3.05) is 0 Å². The number of alkyl halides is 3. The summed E-state index contributed by atoms with van der Waals surface area (Å²) in [5, 5.41) is 20.1. The highest BCUT2D eigenvalue weighted by Crippen LogP contribution is 2.39. The molecule has 0 amide bonds. The highest BCUT2D eigenvalue weighted by Gasteiger charge is 2.31.